The number of aromatic hydroxyl groups is 1. The fourth-order valence-electron chi connectivity index (χ4n) is 2.17. The third-order valence-corrected chi connectivity index (χ3v) is 3.34. The summed E-state index contributed by atoms with van der Waals surface area (Å²) in [5.74, 6) is 0.147. The molecule has 0 radical (unpaired) electrons. The molecule has 0 spiro atoms. The van der Waals surface area contributed by atoms with Crippen molar-refractivity contribution in [2.24, 2.45) is 0 Å². The van der Waals surface area contributed by atoms with Gasteiger partial charge in [0.1, 0.15) is 11.4 Å². The lowest BCUT2D eigenvalue weighted by Gasteiger charge is -2.35. The fraction of sp³-hybridized carbons (Fsp3) is 0.500. The molecule has 3 amide bonds. The number of nitrogens with zero attached hydrogens (tertiary/aromatic N) is 2. The number of rotatable bonds is 1. The number of urea groups is 1. The molecule has 1 aromatic rings. The summed E-state index contributed by atoms with van der Waals surface area (Å²) < 4.78 is 5.32. The maximum absolute atomic E-state index is 12.2. The third kappa shape index (κ3) is 5.05. The fourth-order valence-corrected chi connectivity index (χ4v) is 2.17. The monoisotopic (exact) mass is 321 g/mol. The Morgan fingerprint density at radius 3 is 2.09 bits per heavy atom. The summed E-state index contributed by atoms with van der Waals surface area (Å²) >= 11 is 0. The molecule has 1 aliphatic heterocycles. The number of piperazine rings is 1. The van der Waals surface area contributed by atoms with Crippen molar-refractivity contribution in [2.75, 3.05) is 31.5 Å². The van der Waals surface area contributed by atoms with Gasteiger partial charge in [-0.15, -0.1) is 0 Å². The number of amides is 3. The average Bonchev–Trinajstić information content (AvgIpc) is 2.48. The molecule has 1 aromatic carbocycles. The Balaban J connectivity index is 1.83. The molecule has 2 N–H and O–H groups in total. The first-order chi connectivity index (χ1) is 10.7. The minimum Gasteiger partial charge on any atom is -0.508 e. The standard InChI is InChI=1S/C16H23N3O4/c1-16(2,3)23-15(22)19-10-8-18(9-11-19)14(21)17-12-4-6-13(20)7-5-12/h4-7,20H,8-11H2,1-3H3,(H,17,21). The highest BCUT2D eigenvalue weighted by Gasteiger charge is 2.27. The van der Waals surface area contributed by atoms with Gasteiger partial charge in [-0.2, -0.15) is 0 Å². The molecule has 1 heterocycles. The summed E-state index contributed by atoms with van der Waals surface area (Å²) in [6, 6.07) is 6.06. The van der Waals surface area contributed by atoms with Crippen molar-refractivity contribution in [2.45, 2.75) is 26.4 Å². The number of benzene rings is 1. The number of anilines is 1. The molecule has 23 heavy (non-hydrogen) atoms. The molecule has 0 bridgehead atoms. The molecule has 0 aliphatic carbocycles. The lowest BCUT2D eigenvalue weighted by molar-refractivity contribution is 0.0174. The van der Waals surface area contributed by atoms with Crippen molar-refractivity contribution in [1.82, 2.24) is 9.80 Å². The number of hydrogen-bond acceptors (Lipinski definition) is 4. The number of nitrogens with one attached hydrogen (secondary N) is 1. The summed E-state index contributed by atoms with van der Waals surface area (Å²) in [6.45, 7) is 7.26. The second-order valence-electron chi connectivity index (χ2n) is 6.43. The van der Waals surface area contributed by atoms with Crippen LogP contribution >= 0.6 is 0 Å². The average molecular weight is 321 g/mol. The van der Waals surface area contributed by atoms with E-state index in [-0.39, 0.29) is 17.9 Å². The van der Waals surface area contributed by atoms with Crippen LogP contribution in [0.15, 0.2) is 24.3 Å². The Hall–Kier alpha value is -2.44. The molecule has 7 heteroatoms. The summed E-state index contributed by atoms with van der Waals surface area (Å²) in [5, 5.41) is 12.0. The van der Waals surface area contributed by atoms with Crippen molar-refractivity contribution in [3.63, 3.8) is 0 Å². The molecule has 0 atom stereocenters. The molecule has 1 saturated heterocycles. The number of phenolic OH excluding ortho intramolecular Hbond substituents is 1. The smallest absolute Gasteiger partial charge is 0.410 e. The number of hydrogen-bond donors (Lipinski definition) is 2. The number of phenols is 1. The highest BCUT2D eigenvalue weighted by Crippen LogP contribution is 2.15. The van der Waals surface area contributed by atoms with Gasteiger partial charge in [-0.05, 0) is 45.0 Å². The van der Waals surface area contributed by atoms with E-state index in [1.54, 1.807) is 21.9 Å². The van der Waals surface area contributed by atoms with Crippen LogP contribution in [0.3, 0.4) is 0 Å². The van der Waals surface area contributed by atoms with Gasteiger partial charge in [-0.3, -0.25) is 0 Å². The Morgan fingerprint density at radius 2 is 1.57 bits per heavy atom. The maximum atomic E-state index is 12.2. The quantitative estimate of drug-likeness (QED) is 0.779. The van der Waals surface area contributed by atoms with Crippen molar-refractivity contribution < 1.29 is 19.4 Å². The molecule has 7 nitrogen and oxygen atoms in total. The molecular weight excluding hydrogens is 298 g/mol. The zero-order valence-electron chi connectivity index (χ0n) is 13.7. The van der Waals surface area contributed by atoms with E-state index in [1.165, 1.54) is 12.1 Å². The Morgan fingerprint density at radius 1 is 1.04 bits per heavy atom. The van der Waals surface area contributed by atoms with Gasteiger partial charge in [0.25, 0.3) is 0 Å². The highest BCUT2D eigenvalue weighted by atomic mass is 16.6. The number of carbonyl (C=O) groups is 2. The molecule has 126 valence electrons. The molecular formula is C16H23N3O4. The van der Waals surface area contributed by atoms with Gasteiger partial charge in [0, 0.05) is 31.9 Å². The number of ether oxygens (including phenoxy) is 1. The van der Waals surface area contributed by atoms with E-state index in [0.717, 1.165) is 0 Å². The molecule has 1 aliphatic rings. The second kappa shape index (κ2) is 6.76. The van der Waals surface area contributed by atoms with E-state index < -0.39 is 5.60 Å². The van der Waals surface area contributed by atoms with Crippen LogP contribution in [0.5, 0.6) is 5.75 Å². The van der Waals surface area contributed by atoms with E-state index in [1.807, 2.05) is 20.8 Å². The summed E-state index contributed by atoms with van der Waals surface area (Å²) in [7, 11) is 0. The van der Waals surface area contributed by atoms with Gasteiger partial charge >= 0.3 is 12.1 Å². The van der Waals surface area contributed by atoms with Gasteiger partial charge in [-0.25, -0.2) is 9.59 Å². The second-order valence-corrected chi connectivity index (χ2v) is 6.43. The summed E-state index contributed by atoms with van der Waals surface area (Å²) in [5.41, 5.74) is 0.0900. The van der Waals surface area contributed by atoms with Crippen LogP contribution in [0, 0.1) is 0 Å². The van der Waals surface area contributed by atoms with E-state index in [2.05, 4.69) is 5.32 Å². The predicted molar refractivity (Wildman–Crippen MR) is 86.5 cm³/mol. The van der Waals surface area contributed by atoms with Crippen molar-refractivity contribution in [3.8, 4) is 5.75 Å². The zero-order chi connectivity index (χ0) is 17.0. The van der Waals surface area contributed by atoms with E-state index in [0.29, 0.717) is 31.9 Å². The lowest BCUT2D eigenvalue weighted by Crippen LogP contribution is -2.52. The van der Waals surface area contributed by atoms with Crippen LogP contribution in [0.1, 0.15) is 20.8 Å². The van der Waals surface area contributed by atoms with Crippen LogP contribution in [0.2, 0.25) is 0 Å². The van der Waals surface area contributed by atoms with Gasteiger partial charge in [0.15, 0.2) is 0 Å². The first-order valence-electron chi connectivity index (χ1n) is 7.57. The minimum atomic E-state index is -0.523. The summed E-state index contributed by atoms with van der Waals surface area (Å²) in [6.07, 6.45) is -0.351. The topological polar surface area (TPSA) is 82.1 Å². The normalized spacial score (nSPS) is 15.3. The van der Waals surface area contributed by atoms with Crippen LogP contribution < -0.4 is 5.32 Å². The highest BCUT2D eigenvalue weighted by molar-refractivity contribution is 5.89. The molecule has 0 saturated carbocycles. The van der Waals surface area contributed by atoms with Crippen LogP contribution in [0.25, 0.3) is 0 Å². The maximum Gasteiger partial charge on any atom is 0.410 e. The lowest BCUT2D eigenvalue weighted by atomic mass is 10.2. The Labute approximate surface area is 135 Å². The van der Waals surface area contributed by atoms with Crippen molar-refractivity contribution >= 4 is 17.8 Å². The molecule has 1 fully saturated rings. The Bertz CT molecular complexity index is 558. The van der Waals surface area contributed by atoms with Gasteiger partial charge in [0.05, 0.1) is 0 Å². The van der Waals surface area contributed by atoms with Crippen LogP contribution in [-0.2, 0) is 4.74 Å². The summed E-state index contributed by atoms with van der Waals surface area (Å²) in [4.78, 5) is 27.4. The molecule has 0 unspecified atom stereocenters. The first-order valence-corrected chi connectivity index (χ1v) is 7.57. The molecule has 0 aromatic heterocycles. The van der Waals surface area contributed by atoms with Crippen molar-refractivity contribution in [1.29, 1.82) is 0 Å². The predicted octanol–water partition coefficient (Wildman–Crippen LogP) is 2.48. The van der Waals surface area contributed by atoms with E-state index in [4.69, 9.17) is 4.74 Å². The molecule has 2 rings (SSSR count). The van der Waals surface area contributed by atoms with Crippen LogP contribution in [-0.4, -0.2) is 58.8 Å². The zero-order valence-corrected chi connectivity index (χ0v) is 13.7. The Kier molecular flexibility index (Phi) is 4.98. The van der Waals surface area contributed by atoms with Gasteiger partial charge in [-0.1, -0.05) is 0 Å². The van der Waals surface area contributed by atoms with Gasteiger partial charge < -0.3 is 25.0 Å². The SMILES string of the molecule is CC(C)(C)OC(=O)N1CCN(C(=O)Nc2ccc(O)cc2)CC1. The third-order valence-electron chi connectivity index (χ3n) is 3.34. The van der Waals surface area contributed by atoms with E-state index in [9.17, 15) is 14.7 Å². The number of carbonyl (C=O) groups excluding carboxylic acids is 2. The van der Waals surface area contributed by atoms with Crippen molar-refractivity contribution in [3.05, 3.63) is 24.3 Å². The van der Waals surface area contributed by atoms with Crippen LogP contribution in [0.4, 0.5) is 15.3 Å². The largest absolute Gasteiger partial charge is 0.508 e. The van der Waals surface area contributed by atoms with E-state index >= 15 is 0 Å². The first kappa shape index (κ1) is 16.9. The minimum absolute atomic E-state index is 0.147. The van der Waals surface area contributed by atoms with Gasteiger partial charge in [0.2, 0.25) is 0 Å².